The molecule has 0 radical (unpaired) electrons. The van der Waals surface area contributed by atoms with Crippen LogP contribution in [0, 0.1) is 0 Å². The van der Waals surface area contributed by atoms with E-state index >= 15 is 0 Å². The summed E-state index contributed by atoms with van der Waals surface area (Å²) in [5.74, 6) is 0. The molecule has 0 atom stereocenters. The second-order valence-electron chi connectivity index (χ2n) is 5.05. The molecule has 15 heavy (non-hydrogen) atoms. The zero-order chi connectivity index (χ0) is 11.5. The van der Waals surface area contributed by atoms with Gasteiger partial charge >= 0.3 is 6.09 Å². The van der Waals surface area contributed by atoms with Gasteiger partial charge in [-0.3, -0.25) is 0 Å². The minimum absolute atomic E-state index is 0.196. The maximum absolute atomic E-state index is 11.8. The van der Waals surface area contributed by atoms with Crippen molar-refractivity contribution in [3.05, 3.63) is 0 Å². The maximum Gasteiger partial charge on any atom is 0.410 e. The Morgan fingerprint density at radius 1 is 1.47 bits per heavy atom. The second kappa shape index (κ2) is 4.84. The predicted octanol–water partition coefficient (Wildman–Crippen LogP) is 1.73. The fourth-order valence-electron chi connectivity index (χ4n) is 1.39. The zero-order valence-electron chi connectivity index (χ0n) is 9.95. The fraction of sp³-hybridized carbons (Fsp3) is 0.909. The topological polar surface area (TPSA) is 55.6 Å². The molecule has 0 heterocycles. The van der Waals surface area contributed by atoms with E-state index in [1.54, 1.807) is 0 Å². The highest BCUT2D eigenvalue weighted by Gasteiger charge is 2.34. The molecule has 2 N–H and O–H groups in total. The first-order chi connectivity index (χ1) is 6.94. The maximum atomic E-state index is 11.8. The summed E-state index contributed by atoms with van der Waals surface area (Å²) >= 11 is 0. The number of carbonyl (C=O) groups is 1. The molecule has 1 amide bonds. The van der Waals surface area contributed by atoms with E-state index in [0.717, 1.165) is 25.8 Å². The van der Waals surface area contributed by atoms with Crippen molar-refractivity contribution in [2.75, 3.05) is 13.1 Å². The molecule has 0 spiro atoms. The van der Waals surface area contributed by atoms with E-state index in [4.69, 9.17) is 10.5 Å². The van der Waals surface area contributed by atoms with Crippen LogP contribution in [0.4, 0.5) is 4.79 Å². The normalized spacial score (nSPS) is 16.3. The third kappa shape index (κ3) is 4.51. The molecular formula is C11H22N2O2. The van der Waals surface area contributed by atoms with Gasteiger partial charge in [0, 0.05) is 12.6 Å². The standard InChI is InChI=1S/C11H22N2O2/c1-11(2,3)15-10(14)13(8-4-7-12)9-5-6-9/h9H,4-8,12H2,1-3H3. The van der Waals surface area contributed by atoms with Crippen LogP contribution in [0.25, 0.3) is 0 Å². The summed E-state index contributed by atoms with van der Waals surface area (Å²) in [5.41, 5.74) is 5.04. The number of carbonyl (C=O) groups excluding carboxylic acids is 1. The van der Waals surface area contributed by atoms with Crippen LogP contribution in [0.1, 0.15) is 40.0 Å². The van der Waals surface area contributed by atoms with Crippen molar-refractivity contribution in [2.24, 2.45) is 5.73 Å². The minimum atomic E-state index is -0.410. The minimum Gasteiger partial charge on any atom is -0.444 e. The number of nitrogens with zero attached hydrogens (tertiary/aromatic N) is 1. The molecular weight excluding hydrogens is 192 g/mol. The molecule has 88 valence electrons. The van der Waals surface area contributed by atoms with Crippen LogP contribution in [0.5, 0.6) is 0 Å². The van der Waals surface area contributed by atoms with Crippen LogP contribution < -0.4 is 5.73 Å². The van der Waals surface area contributed by atoms with Gasteiger partial charge in [-0.1, -0.05) is 0 Å². The molecule has 0 aromatic rings. The SMILES string of the molecule is CC(C)(C)OC(=O)N(CCCN)C1CC1. The number of rotatable bonds is 4. The average Bonchev–Trinajstić information content (AvgIpc) is 2.85. The number of ether oxygens (including phenoxy) is 1. The smallest absolute Gasteiger partial charge is 0.410 e. The summed E-state index contributed by atoms with van der Waals surface area (Å²) in [6, 6.07) is 0.395. The van der Waals surface area contributed by atoms with Gasteiger partial charge in [0.15, 0.2) is 0 Å². The largest absolute Gasteiger partial charge is 0.444 e. The highest BCUT2D eigenvalue weighted by atomic mass is 16.6. The van der Waals surface area contributed by atoms with E-state index in [9.17, 15) is 4.79 Å². The van der Waals surface area contributed by atoms with Gasteiger partial charge in [0.25, 0.3) is 0 Å². The van der Waals surface area contributed by atoms with E-state index < -0.39 is 5.60 Å². The summed E-state index contributed by atoms with van der Waals surface area (Å²) < 4.78 is 5.34. The van der Waals surface area contributed by atoms with E-state index in [-0.39, 0.29) is 6.09 Å². The molecule has 0 unspecified atom stereocenters. The first-order valence-corrected chi connectivity index (χ1v) is 5.64. The lowest BCUT2D eigenvalue weighted by Crippen LogP contribution is -2.39. The van der Waals surface area contributed by atoms with Gasteiger partial charge in [-0.15, -0.1) is 0 Å². The lowest BCUT2D eigenvalue weighted by molar-refractivity contribution is 0.0233. The quantitative estimate of drug-likeness (QED) is 0.775. The Morgan fingerprint density at radius 2 is 2.07 bits per heavy atom. The van der Waals surface area contributed by atoms with Gasteiger partial charge in [0.2, 0.25) is 0 Å². The van der Waals surface area contributed by atoms with Crippen LogP contribution in [0.15, 0.2) is 0 Å². The molecule has 0 aromatic carbocycles. The molecule has 0 bridgehead atoms. The number of amides is 1. The van der Waals surface area contributed by atoms with E-state index in [1.165, 1.54) is 0 Å². The van der Waals surface area contributed by atoms with Gasteiger partial charge in [0.05, 0.1) is 0 Å². The third-order valence-electron chi connectivity index (χ3n) is 2.22. The lowest BCUT2D eigenvalue weighted by atomic mass is 10.2. The first kappa shape index (κ1) is 12.3. The van der Waals surface area contributed by atoms with Gasteiger partial charge < -0.3 is 15.4 Å². The molecule has 1 aliphatic rings. The first-order valence-electron chi connectivity index (χ1n) is 5.64. The van der Waals surface area contributed by atoms with E-state index in [2.05, 4.69) is 0 Å². The summed E-state index contributed by atoms with van der Waals surface area (Å²) in [7, 11) is 0. The third-order valence-corrected chi connectivity index (χ3v) is 2.22. The molecule has 0 saturated heterocycles. The molecule has 1 aliphatic carbocycles. The van der Waals surface area contributed by atoms with E-state index in [0.29, 0.717) is 12.6 Å². The Morgan fingerprint density at radius 3 is 2.47 bits per heavy atom. The second-order valence-corrected chi connectivity index (χ2v) is 5.05. The molecule has 0 aliphatic heterocycles. The van der Waals surface area contributed by atoms with Crippen LogP contribution in [-0.2, 0) is 4.74 Å². The Hall–Kier alpha value is -0.770. The van der Waals surface area contributed by atoms with Crippen LogP contribution in [0.3, 0.4) is 0 Å². The Balaban J connectivity index is 2.44. The van der Waals surface area contributed by atoms with Gasteiger partial charge in [-0.05, 0) is 46.6 Å². The van der Waals surface area contributed by atoms with Crippen LogP contribution >= 0.6 is 0 Å². The number of nitrogens with two attached hydrogens (primary N) is 1. The van der Waals surface area contributed by atoms with Crippen molar-refractivity contribution in [3.8, 4) is 0 Å². The molecule has 4 nitrogen and oxygen atoms in total. The Labute approximate surface area is 91.8 Å². The molecule has 1 rings (SSSR count). The zero-order valence-corrected chi connectivity index (χ0v) is 9.95. The van der Waals surface area contributed by atoms with Crippen molar-refractivity contribution in [3.63, 3.8) is 0 Å². The van der Waals surface area contributed by atoms with Crippen LogP contribution in [-0.4, -0.2) is 35.7 Å². The average molecular weight is 214 g/mol. The van der Waals surface area contributed by atoms with E-state index in [1.807, 2.05) is 25.7 Å². The molecule has 4 heteroatoms. The molecule has 1 saturated carbocycles. The fourth-order valence-corrected chi connectivity index (χ4v) is 1.39. The van der Waals surface area contributed by atoms with Crippen molar-refractivity contribution >= 4 is 6.09 Å². The summed E-state index contributed by atoms with van der Waals surface area (Å²) in [4.78, 5) is 13.6. The van der Waals surface area contributed by atoms with Crippen molar-refractivity contribution in [1.82, 2.24) is 4.90 Å². The lowest BCUT2D eigenvalue weighted by Gasteiger charge is -2.27. The number of hydrogen-bond acceptors (Lipinski definition) is 3. The molecule has 1 fully saturated rings. The highest BCUT2D eigenvalue weighted by molar-refractivity contribution is 5.69. The predicted molar refractivity (Wildman–Crippen MR) is 59.6 cm³/mol. The van der Waals surface area contributed by atoms with Crippen molar-refractivity contribution < 1.29 is 9.53 Å². The van der Waals surface area contributed by atoms with Crippen LogP contribution in [0.2, 0.25) is 0 Å². The highest BCUT2D eigenvalue weighted by Crippen LogP contribution is 2.28. The Kier molecular flexibility index (Phi) is 3.97. The van der Waals surface area contributed by atoms with Gasteiger partial charge in [-0.2, -0.15) is 0 Å². The van der Waals surface area contributed by atoms with Gasteiger partial charge in [-0.25, -0.2) is 4.79 Å². The monoisotopic (exact) mass is 214 g/mol. The van der Waals surface area contributed by atoms with Gasteiger partial charge in [0.1, 0.15) is 5.60 Å². The number of hydrogen-bond donors (Lipinski definition) is 1. The summed E-state index contributed by atoms with van der Waals surface area (Å²) in [5, 5.41) is 0. The van der Waals surface area contributed by atoms with Crippen molar-refractivity contribution in [1.29, 1.82) is 0 Å². The Bertz CT molecular complexity index is 219. The summed E-state index contributed by atoms with van der Waals surface area (Å²) in [6.45, 7) is 7.00. The molecule has 0 aromatic heterocycles. The van der Waals surface area contributed by atoms with Crippen molar-refractivity contribution in [2.45, 2.75) is 51.7 Å². The summed E-state index contributed by atoms with van der Waals surface area (Å²) in [6.07, 6.45) is 2.85.